The highest BCUT2D eigenvalue weighted by Gasteiger charge is 2.17. The maximum atomic E-state index is 11.5. The van der Waals surface area contributed by atoms with E-state index in [1.807, 2.05) is 6.07 Å². The molecular formula is C16H20ClNO4. The molecule has 1 fully saturated rings. The number of ether oxygens (including phenoxy) is 2. The van der Waals surface area contributed by atoms with Crippen LogP contribution in [-0.4, -0.2) is 32.1 Å². The minimum Gasteiger partial charge on any atom is -0.496 e. The van der Waals surface area contributed by atoms with Crippen LogP contribution >= 0.6 is 12.4 Å². The van der Waals surface area contributed by atoms with Gasteiger partial charge in [-0.15, -0.1) is 12.4 Å². The number of hydrogen-bond donors (Lipinski definition) is 1. The molecule has 22 heavy (non-hydrogen) atoms. The van der Waals surface area contributed by atoms with E-state index in [2.05, 4.69) is 5.32 Å². The molecule has 0 amide bonds. The smallest absolute Gasteiger partial charge is 0.194 e. The SMILES string of the molecule is COc1cc(OC[C@@H]2CCCN2)c2cc(C(C)=O)oc2c1.Cl. The number of rotatable bonds is 5. The first-order valence-electron chi connectivity index (χ1n) is 7.16. The second kappa shape index (κ2) is 7.03. The van der Waals surface area contributed by atoms with Gasteiger partial charge in [-0.3, -0.25) is 4.79 Å². The van der Waals surface area contributed by atoms with Crippen LogP contribution in [0, 0.1) is 0 Å². The van der Waals surface area contributed by atoms with Gasteiger partial charge >= 0.3 is 0 Å². The van der Waals surface area contributed by atoms with Crippen LogP contribution in [0.25, 0.3) is 11.0 Å². The zero-order valence-electron chi connectivity index (χ0n) is 12.7. The molecule has 5 nitrogen and oxygen atoms in total. The van der Waals surface area contributed by atoms with E-state index in [-0.39, 0.29) is 18.2 Å². The van der Waals surface area contributed by atoms with Crippen molar-refractivity contribution in [2.24, 2.45) is 0 Å². The molecule has 1 atom stereocenters. The van der Waals surface area contributed by atoms with Crippen LogP contribution in [0.2, 0.25) is 0 Å². The maximum absolute atomic E-state index is 11.5. The molecule has 120 valence electrons. The van der Waals surface area contributed by atoms with Gasteiger partial charge in [0.2, 0.25) is 0 Å². The fourth-order valence-electron chi connectivity index (χ4n) is 2.58. The van der Waals surface area contributed by atoms with Crippen LogP contribution in [0.15, 0.2) is 22.6 Å². The van der Waals surface area contributed by atoms with Crippen molar-refractivity contribution in [1.29, 1.82) is 0 Å². The first-order valence-corrected chi connectivity index (χ1v) is 7.16. The average molecular weight is 326 g/mol. The van der Waals surface area contributed by atoms with E-state index < -0.39 is 0 Å². The fraction of sp³-hybridized carbons (Fsp3) is 0.438. The fourth-order valence-corrected chi connectivity index (χ4v) is 2.58. The third-order valence-electron chi connectivity index (χ3n) is 3.76. The Kier molecular flexibility index (Phi) is 5.32. The molecule has 0 bridgehead atoms. The topological polar surface area (TPSA) is 60.7 Å². The Morgan fingerprint density at radius 2 is 2.23 bits per heavy atom. The van der Waals surface area contributed by atoms with Crippen LogP contribution in [0.1, 0.15) is 30.3 Å². The summed E-state index contributed by atoms with van der Waals surface area (Å²) in [5.74, 6) is 1.58. The minimum atomic E-state index is -0.103. The quantitative estimate of drug-likeness (QED) is 0.855. The molecule has 2 heterocycles. The monoisotopic (exact) mass is 325 g/mol. The number of Topliss-reactive ketones (excluding diaryl/α,β-unsaturated/α-hetero) is 1. The van der Waals surface area contributed by atoms with Crippen molar-refractivity contribution < 1.29 is 18.7 Å². The van der Waals surface area contributed by atoms with Gasteiger partial charge in [-0.2, -0.15) is 0 Å². The van der Waals surface area contributed by atoms with E-state index in [0.29, 0.717) is 35.5 Å². The van der Waals surface area contributed by atoms with E-state index in [4.69, 9.17) is 13.9 Å². The predicted octanol–water partition coefficient (Wildman–Crippen LogP) is 3.20. The highest BCUT2D eigenvalue weighted by molar-refractivity contribution is 5.98. The number of carbonyl (C=O) groups excluding carboxylic acids is 1. The highest BCUT2D eigenvalue weighted by Crippen LogP contribution is 2.34. The van der Waals surface area contributed by atoms with Crippen LogP contribution in [0.5, 0.6) is 11.5 Å². The van der Waals surface area contributed by atoms with Gasteiger partial charge in [-0.05, 0) is 25.5 Å². The second-order valence-electron chi connectivity index (χ2n) is 5.31. The molecule has 0 aliphatic carbocycles. The first kappa shape index (κ1) is 16.6. The number of carbonyl (C=O) groups is 1. The lowest BCUT2D eigenvalue weighted by atomic mass is 10.2. The number of ketones is 1. The number of hydrogen-bond acceptors (Lipinski definition) is 5. The summed E-state index contributed by atoms with van der Waals surface area (Å²) in [6.45, 7) is 3.13. The van der Waals surface area contributed by atoms with Gasteiger partial charge in [0, 0.05) is 25.1 Å². The molecule has 1 aromatic carbocycles. The Hall–Kier alpha value is -1.72. The molecule has 1 aliphatic heterocycles. The van der Waals surface area contributed by atoms with Gasteiger partial charge in [0.15, 0.2) is 11.5 Å². The van der Waals surface area contributed by atoms with E-state index in [9.17, 15) is 4.79 Å². The normalized spacial score (nSPS) is 17.3. The van der Waals surface area contributed by atoms with Gasteiger partial charge < -0.3 is 19.2 Å². The lowest BCUT2D eigenvalue weighted by Gasteiger charge is -2.13. The number of nitrogens with one attached hydrogen (secondary N) is 1. The van der Waals surface area contributed by atoms with Crippen molar-refractivity contribution in [2.75, 3.05) is 20.3 Å². The number of furan rings is 1. The van der Waals surface area contributed by atoms with Crippen molar-refractivity contribution >= 4 is 29.2 Å². The first-order chi connectivity index (χ1) is 10.2. The van der Waals surface area contributed by atoms with E-state index in [1.165, 1.54) is 13.3 Å². The molecule has 0 saturated carbocycles. The third-order valence-corrected chi connectivity index (χ3v) is 3.76. The molecule has 0 unspecified atom stereocenters. The van der Waals surface area contributed by atoms with Crippen molar-refractivity contribution in [2.45, 2.75) is 25.8 Å². The summed E-state index contributed by atoms with van der Waals surface area (Å²) in [6, 6.07) is 5.71. The van der Waals surface area contributed by atoms with Gasteiger partial charge in [0.25, 0.3) is 0 Å². The van der Waals surface area contributed by atoms with Crippen molar-refractivity contribution in [1.82, 2.24) is 5.32 Å². The molecule has 0 radical (unpaired) electrons. The summed E-state index contributed by atoms with van der Waals surface area (Å²) >= 11 is 0. The summed E-state index contributed by atoms with van der Waals surface area (Å²) in [4.78, 5) is 11.5. The lowest BCUT2D eigenvalue weighted by molar-refractivity contribution is 0.0989. The minimum absolute atomic E-state index is 0. The molecule has 3 rings (SSSR count). The van der Waals surface area contributed by atoms with Gasteiger partial charge in [0.05, 0.1) is 12.5 Å². The number of fused-ring (bicyclic) bond motifs is 1. The molecule has 1 aliphatic rings. The maximum Gasteiger partial charge on any atom is 0.194 e. The lowest BCUT2D eigenvalue weighted by Crippen LogP contribution is -2.28. The number of halogens is 1. The van der Waals surface area contributed by atoms with E-state index >= 15 is 0 Å². The molecule has 6 heteroatoms. The Morgan fingerprint density at radius 1 is 1.41 bits per heavy atom. The summed E-state index contributed by atoms with van der Waals surface area (Å²) in [5, 5.41) is 4.20. The van der Waals surface area contributed by atoms with Crippen molar-refractivity contribution in [3.8, 4) is 11.5 Å². The number of benzene rings is 1. The second-order valence-corrected chi connectivity index (χ2v) is 5.31. The zero-order valence-corrected chi connectivity index (χ0v) is 13.5. The Balaban J connectivity index is 0.00000176. The summed E-state index contributed by atoms with van der Waals surface area (Å²) < 4.78 is 16.7. The zero-order chi connectivity index (χ0) is 14.8. The van der Waals surface area contributed by atoms with Crippen LogP contribution in [-0.2, 0) is 0 Å². The highest BCUT2D eigenvalue weighted by atomic mass is 35.5. The molecule has 1 aromatic heterocycles. The Bertz CT molecular complexity index is 661. The Morgan fingerprint density at radius 3 is 2.86 bits per heavy atom. The molecular weight excluding hydrogens is 306 g/mol. The summed E-state index contributed by atoms with van der Waals surface area (Å²) in [7, 11) is 1.60. The van der Waals surface area contributed by atoms with Crippen LogP contribution < -0.4 is 14.8 Å². The number of methoxy groups -OCH3 is 1. The molecule has 1 saturated heterocycles. The van der Waals surface area contributed by atoms with E-state index in [0.717, 1.165) is 18.4 Å². The van der Waals surface area contributed by atoms with Crippen LogP contribution in [0.4, 0.5) is 0 Å². The predicted molar refractivity (Wildman–Crippen MR) is 86.5 cm³/mol. The summed E-state index contributed by atoms with van der Waals surface area (Å²) in [5.41, 5.74) is 0.605. The van der Waals surface area contributed by atoms with Gasteiger partial charge in [0.1, 0.15) is 23.7 Å². The third kappa shape index (κ3) is 3.36. The summed E-state index contributed by atoms with van der Waals surface area (Å²) in [6.07, 6.45) is 2.30. The van der Waals surface area contributed by atoms with E-state index in [1.54, 1.807) is 19.2 Å². The largest absolute Gasteiger partial charge is 0.496 e. The van der Waals surface area contributed by atoms with Gasteiger partial charge in [-0.25, -0.2) is 0 Å². The van der Waals surface area contributed by atoms with Crippen molar-refractivity contribution in [3.05, 3.63) is 24.0 Å². The molecule has 1 N–H and O–H groups in total. The average Bonchev–Trinajstić information content (AvgIpc) is 3.13. The van der Waals surface area contributed by atoms with Crippen molar-refractivity contribution in [3.63, 3.8) is 0 Å². The molecule has 0 spiro atoms. The van der Waals surface area contributed by atoms with Gasteiger partial charge in [-0.1, -0.05) is 0 Å². The standard InChI is InChI=1S/C16H19NO4.ClH/c1-10(18)14-8-13-15(20-9-11-4-3-5-17-11)6-12(19-2)7-16(13)21-14;/h6-8,11,17H,3-5,9H2,1-2H3;1H/t11-;/m0./s1. The molecule has 2 aromatic rings. The Labute approximate surface area is 135 Å². The van der Waals surface area contributed by atoms with Crippen LogP contribution in [0.3, 0.4) is 0 Å².